The molecule has 0 spiro atoms. The number of nitrogens with one attached hydrogen (secondary N) is 2. The van der Waals surface area contributed by atoms with Crippen molar-refractivity contribution in [3.05, 3.63) is 65.2 Å². The van der Waals surface area contributed by atoms with Gasteiger partial charge in [-0.05, 0) is 56.2 Å². The molecule has 8 heteroatoms. The molecule has 2 aromatic carbocycles. The molecule has 3 amide bonds. The smallest absolute Gasteiger partial charge is 0.260 e. The van der Waals surface area contributed by atoms with E-state index in [0.29, 0.717) is 42.3 Å². The van der Waals surface area contributed by atoms with Crippen LogP contribution < -0.4 is 15.4 Å². The Morgan fingerprint density at radius 1 is 1.06 bits per heavy atom. The third-order valence-corrected chi connectivity index (χ3v) is 5.38. The number of carbonyl (C=O) groups is 3. The summed E-state index contributed by atoms with van der Waals surface area (Å²) in [5.74, 6) is -0.0286. The molecular formula is C23H26ClN3O4. The van der Waals surface area contributed by atoms with Crippen LogP contribution in [0.4, 0.5) is 0 Å². The van der Waals surface area contributed by atoms with Crippen LogP contribution in [0.15, 0.2) is 54.6 Å². The lowest BCUT2D eigenvalue weighted by molar-refractivity contribution is -0.131. The molecule has 1 fully saturated rings. The predicted octanol–water partition coefficient (Wildman–Crippen LogP) is 2.64. The normalized spacial score (nSPS) is 15.1. The van der Waals surface area contributed by atoms with Gasteiger partial charge in [-0.3, -0.25) is 14.4 Å². The summed E-state index contributed by atoms with van der Waals surface area (Å²) in [6.45, 7) is 2.70. The maximum Gasteiger partial charge on any atom is 0.260 e. The SMILES string of the molecule is CC(Oc1ccc(Cl)cc1)C(=O)NC1CCN(C(=O)CNC(=O)c2ccccc2)CC1. The van der Waals surface area contributed by atoms with Crippen molar-refractivity contribution < 1.29 is 19.1 Å². The van der Waals surface area contributed by atoms with Gasteiger partial charge in [0.25, 0.3) is 11.8 Å². The second-order valence-electron chi connectivity index (χ2n) is 7.43. The van der Waals surface area contributed by atoms with E-state index in [2.05, 4.69) is 10.6 Å². The number of amides is 3. The van der Waals surface area contributed by atoms with Gasteiger partial charge < -0.3 is 20.3 Å². The zero-order valence-corrected chi connectivity index (χ0v) is 18.1. The van der Waals surface area contributed by atoms with Crippen LogP contribution in [0.25, 0.3) is 0 Å². The van der Waals surface area contributed by atoms with Crippen LogP contribution in [-0.2, 0) is 9.59 Å². The average Bonchev–Trinajstić information content (AvgIpc) is 2.79. The molecular weight excluding hydrogens is 418 g/mol. The standard InChI is InChI=1S/C23H26ClN3O4/c1-16(31-20-9-7-18(24)8-10-20)22(29)26-19-11-13-27(14-12-19)21(28)15-25-23(30)17-5-3-2-4-6-17/h2-10,16,19H,11-15H2,1H3,(H,25,30)(H,26,29). The third-order valence-electron chi connectivity index (χ3n) is 5.13. The number of benzene rings is 2. The van der Waals surface area contributed by atoms with E-state index in [4.69, 9.17) is 16.3 Å². The Kier molecular flexibility index (Phi) is 7.89. The average molecular weight is 444 g/mol. The largest absolute Gasteiger partial charge is 0.481 e. The maximum atomic E-state index is 12.4. The van der Waals surface area contributed by atoms with Gasteiger partial charge in [-0.1, -0.05) is 29.8 Å². The number of hydrogen-bond donors (Lipinski definition) is 2. The highest BCUT2D eigenvalue weighted by atomic mass is 35.5. The van der Waals surface area contributed by atoms with E-state index in [1.54, 1.807) is 60.4 Å². The predicted molar refractivity (Wildman–Crippen MR) is 118 cm³/mol. The van der Waals surface area contributed by atoms with E-state index in [9.17, 15) is 14.4 Å². The van der Waals surface area contributed by atoms with Gasteiger partial charge >= 0.3 is 0 Å². The number of likely N-dealkylation sites (tertiary alicyclic amines) is 1. The lowest BCUT2D eigenvalue weighted by Crippen LogP contribution is -2.50. The summed E-state index contributed by atoms with van der Waals surface area (Å²) in [5, 5.41) is 6.24. The Hall–Kier alpha value is -3.06. The Bertz CT molecular complexity index is 897. The first-order chi connectivity index (χ1) is 14.9. The van der Waals surface area contributed by atoms with E-state index in [1.165, 1.54) is 0 Å². The molecule has 7 nitrogen and oxygen atoms in total. The highest BCUT2D eigenvalue weighted by molar-refractivity contribution is 6.30. The summed E-state index contributed by atoms with van der Waals surface area (Å²) in [7, 11) is 0. The minimum Gasteiger partial charge on any atom is -0.481 e. The molecule has 1 heterocycles. The monoisotopic (exact) mass is 443 g/mol. The first-order valence-corrected chi connectivity index (χ1v) is 10.6. The van der Waals surface area contributed by atoms with Gasteiger partial charge in [0, 0.05) is 29.7 Å². The quantitative estimate of drug-likeness (QED) is 0.688. The molecule has 1 aliphatic heterocycles. The van der Waals surface area contributed by atoms with Crippen molar-refractivity contribution in [2.24, 2.45) is 0 Å². The molecule has 1 aliphatic rings. The number of carbonyl (C=O) groups excluding carboxylic acids is 3. The lowest BCUT2D eigenvalue weighted by Gasteiger charge is -2.33. The number of nitrogens with zero attached hydrogens (tertiary/aromatic N) is 1. The Labute approximate surface area is 186 Å². The molecule has 0 bridgehead atoms. The number of piperidine rings is 1. The number of ether oxygens (including phenoxy) is 1. The van der Waals surface area contributed by atoms with E-state index in [-0.39, 0.29) is 30.3 Å². The van der Waals surface area contributed by atoms with Gasteiger partial charge in [0.2, 0.25) is 5.91 Å². The first kappa shape index (κ1) is 22.6. The highest BCUT2D eigenvalue weighted by Crippen LogP contribution is 2.17. The Morgan fingerprint density at radius 2 is 1.71 bits per heavy atom. The van der Waals surface area contributed by atoms with Crippen molar-refractivity contribution in [3.8, 4) is 5.75 Å². The fraction of sp³-hybridized carbons (Fsp3) is 0.348. The molecule has 0 radical (unpaired) electrons. The molecule has 2 N–H and O–H groups in total. The molecule has 164 valence electrons. The molecule has 2 aromatic rings. The summed E-state index contributed by atoms with van der Waals surface area (Å²) >= 11 is 5.85. The summed E-state index contributed by atoms with van der Waals surface area (Å²) in [5.41, 5.74) is 0.520. The second kappa shape index (κ2) is 10.8. The van der Waals surface area contributed by atoms with E-state index < -0.39 is 6.10 Å². The lowest BCUT2D eigenvalue weighted by atomic mass is 10.0. The molecule has 31 heavy (non-hydrogen) atoms. The summed E-state index contributed by atoms with van der Waals surface area (Å²) in [4.78, 5) is 38.6. The van der Waals surface area contributed by atoms with Crippen LogP contribution in [0, 0.1) is 0 Å². The summed E-state index contributed by atoms with van der Waals surface area (Å²) in [6, 6.07) is 15.6. The summed E-state index contributed by atoms with van der Waals surface area (Å²) in [6.07, 6.45) is 0.657. The van der Waals surface area contributed by atoms with Crippen LogP contribution in [0.3, 0.4) is 0 Å². The minimum atomic E-state index is -0.644. The van der Waals surface area contributed by atoms with Gasteiger partial charge in [0.1, 0.15) is 5.75 Å². The molecule has 1 unspecified atom stereocenters. The second-order valence-corrected chi connectivity index (χ2v) is 7.86. The molecule has 3 rings (SSSR count). The zero-order chi connectivity index (χ0) is 22.2. The van der Waals surface area contributed by atoms with Crippen molar-refractivity contribution in [2.45, 2.75) is 31.9 Å². The topological polar surface area (TPSA) is 87.7 Å². The number of hydrogen-bond acceptors (Lipinski definition) is 4. The molecule has 0 aromatic heterocycles. The van der Waals surface area contributed by atoms with Gasteiger partial charge in [-0.15, -0.1) is 0 Å². The number of rotatable bonds is 7. The zero-order valence-electron chi connectivity index (χ0n) is 17.3. The van der Waals surface area contributed by atoms with E-state index in [1.807, 2.05) is 6.07 Å². The van der Waals surface area contributed by atoms with Gasteiger partial charge in [0.05, 0.1) is 6.54 Å². The van der Waals surface area contributed by atoms with Gasteiger partial charge in [-0.2, -0.15) is 0 Å². The van der Waals surface area contributed by atoms with Crippen LogP contribution in [0.2, 0.25) is 5.02 Å². The Balaban J connectivity index is 1.38. The van der Waals surface area contributed by atoms with Gasteiger partial charge in [0.15, 0.2) is 6.10 Å². The van der Waals surface area contributed by atoms with Gasteiger partial charge in [-0.25, -0.2) is 0 Å². The number of halogens is 1. The highest BCUT2D eigenvalue weighted by Gasteiger charge is 2.26. The van der Waals surface area contributed by atoms with Crippen molar-refractivity contribution in [1.29, 1.82) is 0 Å². The van der Waals surface area contributed by atoms with Crippen molar-refractivity contribution >= 4 is 29.3 Å². The fourth-order valence-corrected chi connectivity index (χ4v) is 3.45. The first-order valence-electron chi connectivity index (χ1n) is 10.3. The van der Waals surface area contributed by atoms with Crippen molar-refractivity contribution in [1.82, 2.24) is 15.5 Å². The van der Waals surface area contributed by atoms with Crippen LogP contribution in [-0.4, -0.2) is 54.4 Å². The van der Waals surface area contributed by atoms with Crippen molar-refractivity contribution in [3.63, 3.8) is 0 Å². The molecule has 0 aliphatic carbocycles. The van der Waals surface area contributed by atoms with Crippen LogP contribution >= 0.6 is 11.6 Å². The Morgan fingerprint density at radius 3 is 2.35 bits per heavy atom. The van der Waals surface area contributed by atoms with E-state index >= 15 is 0 Å². The maximum absolute atomic E-state index is 12.4. The fourth-order valence-electron chi connectivity index (χ4n) is 3.32. The van der Waals surface area contributed by atoms with Crippen LogP contribution in [0.1, 0.15) is 30.1 Å². The molecule has 1 atom stereocenters. The van der Waals surface area contributed by atoms with E-state index in [0.717, 1.165) is 0 Å². The minimum absolute atomic E-state index is 0.0215. The third kappa shape index (κ3) is 6.72. The molecule has 0 saturated carbocycles. The van der Waals surface area contributed by atoms with Crippen LogP contribution in [0.5, 0.6) is 5.75 Å². The molecule has 1 saturated heterocycles. The van der Waals surface area contributed by atoms with Crippen molar-refractivity contribution in [2.75, 3.05) is 19.6 Å². The summed E-state index contributed by atoms with van der Waals surface area (Å²) < 4.78 is 5.65.